The van der Waals surface area contributed by atoms with Gasteiger partial charge in [0.1, 0.15) is 0 Å². The minimum Gasteiger partial charge on any atom is -0.872 e. The van der Waals surface area contributed by atoms with Gasteiger partial charge >= 0.3 is 37.7 Å². The zero-order valence-corrected chi connectivity index (χ0v) is 25.6. The van der Waals surface area contributed by atoms with E-state index in [1.165, 1.54) is 89.9 Å². The molecule has 0 atom stereocenters. The Morgan fingerprint density at radius 3 is 1.11 bits per heavy atom. The average Bonchev–Trinajstić information content (AvgIpc) is 2.86. The third kappa shape index (κ3) is 13.2. The van der Waals surface area contributed by atoms with Gasteiger partial charge in [0.25, 0.3) is 0 Å². The molecule has 2 aromatic rings. The van der Waals surface area contributed by atoms with Gasteiger partial charge in [0, 0.05) is 0 Å². The van der Waals surface area contributed by atoms with Crippen LogP contribution in [-0.4, -0.2) is 37.7 Å². The third-order valence-electron chi connectivity index (χ3n) is 7.34. The van der Waals surface area contributed by atoms with Crippen LogP contribution in [0.15, 0.2) is 36.4 Å². The maximum Gasteiger partial charge on any atom is 2.00 e. The second kappa shape index (κ2) is 21.3. The Hall–Kier alpha value is -0.700. The number of unbranched alkanes of at least 4 members (excludes halogenated alkanes) is 14. The van der Waals surface area contributed by atoms with Crippen LogP contribution >= 0.6 is 0 Å². The van der Waals surface area contributed by atoms with Crippen LogP contribution in [0.1, 0.15) is 139 Å². The average molecular weight is 519 g/mol. The van der Waals surface area contributed by atoms with E-state index in [2.05, 4.69) is 13.8 Å². The first kappa shape index (κ1) is 33.3. The number of rotatable bonds is 20. The van der Waals surface area contributed by atoms with E-state index in [9.17, 15) is 10.2 Å². The van der Waals surface area contributed by atoms with Crippen LogP contribution in [0.3, 0.4) is 0 Å². The molecule has 0 N–H and O–H groups in total. The van der Waals surface area contributed by atoms with Gasteiger partial charge in [-0.15, -0.1) is 11.5 Å². The second-order valence-electron chi connectivity index (χ2n) is 10.4. The van der Waals surface area contributed by atoms with E-state index in [0.29, 0.717) is 6.42 Å². The molecule has 0 bridgehead atoms. The van der Waals surface area contributed by atoms with E-state index < -0.39 is 0 Å². The summed E-state index contributed by atoms with van der Waals surface area (Å²) >= 11 is 0. The molecule has 2 aromatic carbocycles. The van der Waals surface area contributed by atoms with E-state index in [4.69, 9.17) is 0 Å². The summed E-state index contributed by atoms with van der Waals surface area (Å²) in [7, 11) is 0. The summed E-state index contributed by atoms with van der Waals surface area (Å²) in [6, 6.07) is 11.7. The van der Waals surface area contributed by atoms with Gasteiger partial charge in [0.05, 0.1) is 0 Å². The van der Waals surface area contributed by atoms with E-state index >= 15 is 0 Å². The van der Waals surface area contributed by atoms with Crippen LogP contribution in [0, 0.1) is 0 Å². The molecule has 36 heavy (non-hydrogen) atoms. The number of para-hydroxylation sites is 2. The number of hydrogen-bond donors (Lipinski definition) is 0. The Morgan fingerprint density at radius 2 is 0.750 bits per heavy atom. The molecule has 0 aliphatic carbocycles. The van der Waals surface area contributed by atoms with E-state index in [0.717, 1.165) is 47.9 Å². The first-order valence-electron chi connectivity index (χ1n) is 14.7. The van der Waals surface area contributed by atoms with Crippen LogP contribution in [0.2, 0.25) is 0 Å². The molecule has 0 saturated carbocycles. The molecule has 196 valence electrons. The van der Waals surface area contributed by atoms with Crippen molar-refractivity contribution in [3.05, 3.63) is 58.7 Å². The summed E-state index contributed by atoms with van der Waals surface area (Å²) in [5.41, 5.74) is 3.36. The zero-order chi connectivity index (χ0) is 25.1. The largest absolute Gasteiger partial charge is 2.00 e. The molecule has 0 aliphatic rings. The van der Waals surface area contributed by atoms with Crippen molar-refractivity contribution >= 4 is 37.7 Å². The monoisotopic (exact) mass is 518 g/mol. The molecule has 2 nitrogen and oxygen atoms in total. The molecule has 0 spiro atoms. The van der Waals surface area contributed by atoms with Crippen LogP contribution in [0.4, 0.5) is 0 Å². The Bertz CT molecular complexity index is 750. The first-order chi connectivity index (χ1) is 17.2. The van der Waals surface area contributed by atoms with Gasteiger partial charge in [-0.2, -0.15) is 0 Å². The fraction of sp³-hybridized carbons (Fsp3) is 0.636. The van der Waals surface area contributed by atoms with Gasteiger partial charge in [-0.05, 0) is 32.1 Å². The summed E-state index contributed by atoms with van der Waals surface area (Å²) in [4.78, 5) is 0. The van der Waals surface area contributed by atoms with Crippen LogP contribution in [0.5, 0.6) is 11.5 Å². The van der Waals surface area contributed by atoms with Gasteiger partial charge in [-0.25, -0.2) is 0 Å². The van der Waals surface area contributed by atoms with Crippen LogP contribution < -0.4 is 10.2 Å². The Labute approximate surface area is 252 Å². The summed E-state index contributed by atoms with van der Waals surface area (Å²) in [6.07, 6.45) is 22.5. The Kier molecular flexibility index (Phi) is 19.7. The van der Waals surface area contributed by atoms with Crippen LogP contribution in [-0.2, 0) is 19.3 Å². The SMILES string of the molecule is CCCCCCCCCCc1cccc(Cc2cccc(CCCCCCCCCC)c2[O-])c1[O-].[Ca+2]. The molecule has 0 fully saturated rings. The van der Waals surface area contributed by atoms with Crippen molar-refractivity contribution < 1.29 is 10.2 Å². The third-order valence-corrected chi connectivity index (χ3v) is 7.34. The number of aryl methyl sites for hydroxylation is 2. The minimum atomic E-state index is 0. The van der Waals surface area contributed by atoms with Crippen molar-refractivity contribution in [3.8, 4) is 11.5 Å². The predicted octanol–water partition coefficient (Wildman–Crippen LogP) is 8.41. The fourth-order valence-corrected chi connectivity index (χ4v) is 5.05. The molecule has 2 rings (SSSR count). The van der Waals surface area contributed by atoms with Crippen molar-refractivity contribution in [2.45, 2.75) is 136 Å². The topological polar surface area (TPSA) is 46.1 Å². The fourth-order valence-electron chi connectivity index (χ4n) is 5.05. The minimum absolute atomic E-state index is 0. The number of benzene rings is 2. The molecule has 0 aromatic heterocycles. The maximum absolute atomic E-state index is 13.0. The van der Waals surface area contributed by atoms with Gasteiger partial charge in [0.2, 0.25) is 0 Å². The second-order valence-corrected chi connectivity index (χ2v) is 10.4. The standard InChI is InChI=1S/C33H52O2.Ca/c1-3-5-7-9-11-13-15-17-21-28-23-19-25-30(32(28)34)27-31-26-20-24-29(33(31)35)22-18-16-14-12-10-8-6-4-2;/h19-20,23-26,34-35H,3-18,21-22,27H2,1-2H3;/q;+2/p-2. The molecule has 0 unspecified atom stereocenters. The summed E-state index contributed by atoms with van der Waals surface area (Å²) < 4.78 is 0. The van der Waals surface area contributed by atoms with Crippen molar-refractivity contribution in [2.75, 3.05) is 0 Å². The maximum atomic E-state index is 13.0. The molecule has 0 aliphatic heterocycles. The van der Waals surface area contributed by atoms with E-state index in [1.807, 2.05) is 36.4 Å². The van der Waals surface area contributed by atoms with Crippen molar-refractivity contribution in [1.82, 2.24) is 0 Å². The zero-order valence-electron chi connectivity index (χ0n) is 23.4. The summed E-state index contributed by atoms with van der Waals surface area (Å²) in [5.74, 6) is 0.284. The van der Waals surface area contributed by atoms with E-state index in [1.54, 1.807) is 0 Å². The van der Waals surface area contributed by atoms with Gasteiger partial charge in [-0.1, -0.05) is 162 Å². The molecule has 0 heterocycles. The van der Waals surface area contributed by atoms with Crippen molar-refractivity contribution in [1.29, 1.82) is 0 Å². The van der Waals surface area contributed by atoms with Crippen molar-refractivity contribution in [3.63, 3.8) is 0 Å². The predicted molar refractivity (Wildman–Crippen MR) is 153 cm³/mol. The molecular formula is C33H50CaO2. The number of hydrogen-bond acceptors (Lipinski definition) is 2. The molecule has 0 saturated heterocycles. The quantitative estimate of drug-likeness (QED) is 0.130. The molecule has 3 heteroatoms. The van der Waals surface area contributed by atoms with Crippen molar-refractivity contribution in [2.24, 2.45) is 0 Å². The smallest absolute Gasteiger partial charge is 0.872 e. The Balaban J connectivity index is 0.00000648. The Morgan fingerprint density at radius 1 is 0.444 bits per heavy atom. The normalized spacial score (nSPS) is 10.9. The molecular weight excluding hydrogens is 468 g/mol. The summed E-state index contributed by atoms with van der Waals surface area (Å²) in [5, 5.41) is 26.1. The van der Waals surface area contributed by atoms with Gasteiger partial charge < -0.3 is 10.2 Å². The first-order valence-corrected chi connectivity index (χ1v) is 14.7. The summed E-state index contributed by atoms with van der Waals surface area (Å²) in [6.45, 7) is 4.50. The van der Waals surface area contributed by atoms with E-state index in [-0.39, 0.29) is 49.2 Å². The van der Waals surface area contributed by atoms with Gasteiger partial charge in [0.15, 0.2) is 0 Å². The molecule has 0 radical (unpaired) electrons. The molecule has 0 amide bonds. The van der Waals surface area contributed by atoms with Crippen LogP contribution in [0.25, 0.3) is 0 Å². The van der Waals surface area contributed by atoms with Gasteiger partial charge in [-0.3, -0.25) is 0 Å².